The fraction of sp³-hybridized carbons (Fsp3) is 0.286. The molecule has 1 N–H and O–H groups in total. The molecule has 0 radical (unpaired) electrons. The van der Waals surface area contributed by atoms with Crippen molar-refractivity contribution in [3.05, 3.63) is 64.1 Å². The predicted octanol–water partition coefficient (Wildman–Crippen LogP) is 4.09. The number of hydrogen-bond acceptors (Lipinski definition) is 4. The van der Waals surface area contributed by atoms with Crippen molar-refractivity contribution in [3.63, 3.8) is 0 Å². The standard InChI is InChI=1S/C21H20ClN3O2S/c22-16-9-7-14(8-10-16)20(27)23-12-19(26)25-11-3-4-15(13-25)21-24-17-5-1-2-6-18(17)28-21/h1-2,5-10,15H,3-4,11-13H2,(H,23,27)/t15-/m0/s1. The van der Waals surface area contributed by atoms with Gasteiger partial charge in [-0.2, -0.15) is 0 Å². The van der Waals surface area contributed by atoms with Gasteiger partial charge in [0.25, 0.3) is 5.91 Å². The van der Waals surface area contributed by atoms with E-state index in [0.717, 1.165) is 29.9 Å². The molecular formula is C21H20ClN3O2S. The van der Waals surface area contributed by atoms with Gasteiger partial charge in [-0.15, -0.1) is 11.3 Å². The van der Waals surface area contributed by atoms with Crippen LogP contribution >= 0.6 is 22.9 Å². The van der Waals surface area contributed by atoms with E-state index in [0.29, 0.717) is 17.1 Å². The molecule has 7 heteroatoms. The molecule has 1 saturated heterocycles. The molecule has 1 aliphatic heterocycles. The van der Waals surface area contributed by atoms with Crippen LogP contribution in [0.1, 0.15) is 34.1 Å². The minimum Gasteiger partial charge on any atom is -0.343 e. The fourth-order valence-electron chi connectivity index (χ4n) is 3.44. The number of rotatable bonds is 4. The molecule has 1 aromatic heterocycles. The molecule has 1 aliphatic rings. The average molecular weight is 414 g/mol. The highest BCUT2D eigenvalue weighted by Crippen LogP contribution is 2.32. The summed E-state index contributed by atoms with van der Waals surface area (Å²) in [6, 6.07) is 14.7. The van der Waals surface area contributed by atoms with Crippen molar-refractivity contribution in [2.75, 3.05) is 19.6 Å². The van der Waals surface area contributed by atoms with Gasteiger partial charge in [0.2, 0.25) is 5.91 Å². The smallest absolute Gasteiger partial charge is 0.251 e. The Bertz CT molecular complexity index is 969. The number of amides is 2. The zero-order chi connectivity index (χ0) is 19.5. The van der Waals surface area contributed by atoms with Gasteiger partial charge in [-0.1, -0.05) is 23.7 Å². The SMILES string of the molecule is O=C(NCC(=O)N1CCC[C@H](c2nc3ccccc3s2)C1)c1ccc(Cl)cc1. The van der Waals surface area contributed by atoms with Crippen LogP contribution in [0.15, 0.2) is 48.5 Å². The molecule has 28 heavy (non-hydrogen) atoms. The summed E-state index contributed by atoms with van der Waals surface area (Å²) in [6.45, 7) is 1.36. The lowest BCUT2D eigenvalue weighted by molar-refractivity contribution is -0.131. The Balaban J connectivity index is 1.36. The quantitative estimate of drug-likeness (QED) is 0.700. The molecule has 0 spiro atoms. The molecule has 4 rings (SSSR count). The maximum absolute atomic E-state index is 12.6. The summed E-state index contributed by atoms with van der Waals surface area (Å²) in [4.78, 5) is 31.4. The third-order valence-electron chi connectivity index (χ3n) is 4.94. The minimum absolute atomic E-state index is 0.00593. The van der Waals surface area contributed by atoms with Gasteiger partial charge < -0.3 is 10.2 Å². The van der Waals surface area contributed by atoms with Crippen molar-refractivity contribution in [1.82, 2.24) is 15.2 Å². The summed E-state index contributed by atoms with van der Waals surface area (Å²) in [5.41, 5.74) is 1.50. The number of nitrogens with zero attached hydrogens (tertiary/aromatic N) is 2. The number of likely N-dealkylation sites (tertiary alicyclic amines) is 1. The number of carbonyl (C=O) groups is 2. The Morgan fingerprint density at radius 2 is 1.96 bits per heavy atom. The maximum Gasteiger partial charge on any atom is 0.251 e. The lowest BCUT2D eigenvalue weighted by Crippen LogP contribution is -2.44. The number of halogens is 1. The Morgan fingerprint density at radius 3 is 2.75 bits per heavy atom. The number of aromatic nitrogens is 1. The van der Waals surface area contributed by atoms with E-state index in [2.05, 4.69) is 11.4 Å². The summed E-state index contributed by atoms with van der Waals surface area (Å²) in [7, 11) is 0. The van der Waals surface area contributed by atoms with Crippen LogP contribution in [-0.2, 0) is 4.79 Å². The van der Waals surface area contributed by atoms with Gasteiger partial charge in [0.05, 0.1) is 21.8 Å². The van der Waals surface area contributed by atoms with Crippen molar-refractivity contribution < 1.29 is 9.59 Å². The molecule has 2 aromatic carbocycles. The van der Waals surface area contributed by atoms with Crippen LogP contribution in [0.25, 0.3) is 10.2 Å². The number of benzene rings is 2. The van der Waals surface area contributed by atoms with Crippen LogP contribution in [0, 0.1) is 0 Å². The zero-order valence-corrected chi connectivity index (χ0v) is 16.8. The van der Waals surface area contributed by atoms with E-state index in [1.165, 1.54) is 4.70 Å². The molecule has 5 nitrogen and oxygen atoms in total. The number of hydrogen-bond donors (Lipinski definition) is 1. The van der Waals surface area contributed by atoms with E-state index in [-0.39, 0.29) is 24.3 Å². The average Bonchev–Trinajstić information content (AvgIpc) is 3.17. The second-order valence-corrected chi connectivity index (χ2v) is 8.39. The van der Waals surface area contributed by atoms with Crippen molar-refractivity contribution in [2.24, 2.45) is 0 Å². The van der Waals surface area contributed by atoms with Crippen LogP contribution in [0.3, 0.4) is 0 Å². The van der Waals surface area contributed by atoms with Crippen LogP contribution < -0.4 is 5.32 Å². The Kier molecular flexibility index (Phi) is 5.59. The molecule has 2 heterocycles. The van der Waals surface area contributed by atoms with E-state index in [4.69, 9.17) is 16.6 Å². The number of fused-ring (bicyclic) bond motifs is 1. The van der Waals surface area contributed by atoms with Gasteiger partial charge in [0.15, 0.2) is 0 Å². The monoisotopic (exact) mass is 413 g/mol. The normalized spacial score (nSPS) is 16.9. The first-order valence-corrected chi connectivity index (χ1v) is 10.5. The molecule has 3 aromatic rings. The van der Waals surface area contributed by atoms with Crippen molar-refractivity contribution >= 4 is 45.0 Å². The first-order valence-electron chi connectivity index (χ1n) is 9.27. The Morgan fingerprint density at radius 1 is 1.18 bits per heavy atom. The molecule has 0 aliphatic carbocycles. The molecule has 0 unspecified atom stereocenters. The third-order valence-corrected chi connectivity index (χ3v) is 6.39. The van der Waals surface area contributed by atoms with Gasteiger partial charge in [0.1, 0.15) is 0 Å². The van der Waals surface area contributed by atoms with Gasteiger partial charge in [-0.3, -0.25) is 9.59 Å². The van der Waals surface area contributed by atoms with Gasteiger partial charge in [0, 0.05) is 29.6 Å². The second-order valence-electron chi connectivity index (χ2n) is 6.89. The lowest BCUT2D eigenvalue weighted by atomic mass is 9.98. The number of carbonyl (C=O) groups excluding carboxylic acids is 2. The van der Waals surface area contributed by atoms with Gasteiger partial charge in [-0.25, -0.2) is 4.98 Å². The summed E-state index contributed by atoms with van der Waals surface area (Å²) in [5, 5.41) is 4.36. The summed E-state index contributed by atoms with van der Waals surface area (Å²) >= 11 is 7.54. The maximum atomic E-state index is 12.6. The largest absolute Gasteiger partial charge is 0.343 e. The van der Waals surface area contributed by atoms with E-state index in [1.54, 1.807) is 35.6 Å². The summed E-state index contributed by atoms with van der Waals surface area (Å²) in [6.07, 6.45) is 1.97. The lowest BCUT2D eigenvalue weighted by Gasteiger charge is -2.32. The number of thiazole rings is 1. The molecule has 1 atom stereocenters. The van der Waals surface area contributed by atoms with E-state index >= 15 is 0 Å². The molecule has 0 saturated carbocycles. The number of piperidine rings is 1. The van der Waals surface area contributed by atoms with Gasteiger partial charge in [-0.05, 0) is 49.2 Å². The first-order chi connectivity index (χ1) is 13.6. The van der Waals surface area contributed by atoms with Crippen LogP contribution in [0.2, 0.25) is 5.02 Å². The summed E-state index contributed by atoms with van der Waals surface area (Å²) < 4.78 is 1.18. The second kappa shape index (κ2) is 8.29. The molecule has 144 valence electrons. The molecular weight excluding hydrogens is 394 g/mol. The molecule has 1 fully saturated rings. The van der Waals surface area contributed by atoms with Crippen molar-refractivity contribution in [3.8, 4) is 0 Å². The third kappa shape index (κ3) is 4.18. The highest BCUT2D eigenvalue weighted by atomic mass is 35.5. The number of nitrogens with one attached hydrogen (secondary N) is 1. The predicted molar refractivity (Wildman–Crippen MR) is 112 cm³/mol. The Hall–Kier alpha value is -2.44. The summed E-state index contributed by atoms with van der Waals surface area (Å²) in [5.74, 6) is -0.0834. The first kappa shape index (κ1) is 18.9. The zero-order valence-electron chi connectivity index (χ0n) is 15.2. The van der Waals surface area contributed by atoms with E-state index < -0.39 is 0 Å². The van der Waals surface area contributed by atoms with Crippen molar-refractivity contribution in [2.45, 2.75) is 18.8 Å². The van der Waals surface area contributed by atoms with Crippen LogP contribution in [-0.4, -0.2) is 41.3 Å². The molecule has 0 bridgehead atoms. The highest BCUT2D eigenvalue weighted by molar-refractivity contribution is 7.18. The number of para-hydroxylation sites is 1. The van der Waals surface area contributed by atoms with Crippen LogP contribution in [0.5, 0.6) is 0 Å². The Labute approximate surface area is 172 Å². The van der Waals surface area contributed by atoms with E-state index in [1.807, 2.05) is 23.1 Å². The topological polar surface area (TPSA) is 62.3 Å². The van der Waals surface area contributed by atoms with Crippen LogP contribution in [0.4, 0.5) is 0 Å². The van der Waals surface area contributed by atoms with E-state index in [9.17, 15) is 9.59 Å². The highest BCUT2D eigenvalue weighted by Gasteiger charge is 2.27. The molecule has 2 amide bonds. The van der Waals surface area contributed by atoms with Crippen molar-refractivity contribution in [1.29, 1.82) is 0 Å². The minimum atomic E-state index is -0.273. The van der Waals surface area contributed by atoms with Gasteiger partial charge >= 0.3 is 0 Å². The fourth-order valence-corrected chi connectivity index (χ4v) is 4.66.